The third kappa shape index (κ3) is 8.08. The number of aliphatic imine (C=N–C) groups is 1. The lowest BCUT2D eigenvalue weighted by atomic mass is 9.91. The van der Waals surface area contributed by atoms with E-state index in [1.807, 2.05) is 66.4 Å². The Kier molecular flexibility index (Phi) is 9.90. The first-order chi connectivity index (χ1) is 23.7. The molecule has 0 aromatic heterocycles. The highest BCUT2D eigenvalue weighted by molar-refractivity contribution is 6.12. The molecule has 6 rings (SSSR count). The average Bonchev–Trinajstić information content (AvgIpc) is 3.60. The fourth-order valence-electron chi connectivity index (χ4n) is 5.96. The molecule has 3 N–H and O–H groups in total. The van der Waals surface area contributed by atoms with Crippen molar-refractivity contribution in [1.82, 2.24) is 10.2 Å². The van der Waals surface area contributed by atoms with Gasteiger partial charge in [0, 0.05) is 29.7 Å². The molecule has 1 heterocycles. The van der Waals surface area contributed by atoms with Crippen molar-refractivity contribution in [2.24, 2.45) is 4.99 Å². The van der Waals surface area contributed by atoms with Crippen molar-refractivity contribution in [3.05, 3.63) is 149 Å². The number of likely N-dealkylation sites (tertiary alicyclic amines) is 1. The summed E-state index contributed by atoms with van der Waals surface area (Å²) in [5.74, 6) is -1.06. The molecule has 246 valence electrons. The number of carboxylic acids is 1. The van der Waals surface area contributed by atoms with Gasteiger partial charge >= 0.3 is 5.97 Å². The molecule has 0 saturated carbocycles. The van der Waals surface area contributed by atoms with Gasteiger partial charge in [0.15, 0.2) is 0 Å². The Labute approximate surface area is 284 Å². The zero-order valence-electron chi connectivity index (χ0n) is 27.0. The number of nitrogens with zero attached hydrogens (tertiary/aromatic N) is 2. The SMILES string of the molecule is CC(=NC(=O)c1ccccc1)N1CC[C@H](Oc2ccc([C@H](Cc3ccc4ccc(C(=N)NC(=O)c5ccccc5)cc4c3)C(=O)O)cc2)C1. The number of ether oxygens (including phenoxy) is 1. The van der Waals surface area contributed by atoms with E-state index in [0.717, 1.165) is 29.3 Å². The minimum absolute atomic E-state index is 0.0152. The molecular weight excluding hydrogens is 616 g/mol. The van der Waals surface area contributed by atoms with Crippen LogP contribution in [0.25, 0.3) is 10.8 Å². The first-order valence-electron chi connectivity index (χ1n) is 16.1. The lowest BCUT2D eigenvalue weighted by Gasteiger charge is -2.19. The Morgan fingerprint density at radius 3 is 2.22 bits per heavy atom. The number of amides is 2. The summed E-state index contributed by atoms with van der Waals surface area (Å²) in [7, 11) is 0. The highest BCUT2D eigenvalue weighted by atomic mass is 16.5. The quantitative estimate of drug-likeness (QED) is 0.120. The van der Waals surface area contributed by atoms with Gasteiger partial charge < -0.3 is 20.1 Å². The first-order valence-corrected chi connectivity index (χ1v) is 16.1. The number of nitrogens with one attached hydrogen (secondary N) is 2. The van der Waals surface area contributed by atoms with Gasteiger partial charge in [-0.1, -0.05) is 78.9 Å². The van der Waals surface area contributed by atoms with Crippen molar-refractivity contribution in [2.75, 3.05) is 13.1 Å². The van der Waals surface area contributed by atoms with Crippen LogP contribution < -0.4 is 10.1 Å². The van der Waals surface area contributed by atoms with Gasteiger partial charge in [-0.15, -0.1) is 0 Å². The van der Waals surface area contributed by atoms with Crippen LogP contribution in [0.1, 0.15) is 56.7 Å². The Balaban J connectivity index is 1.08. The second kappa shape index (κ2) is 14.8. The third-order valence-corrected chi connectivity index (χ3v) is 8.68. The van der Waals surface area contributed by atoms with E-state index >= 15 is 0 Å². The van der Waals surface area contributed by atoms with Crippen molar-refractivity contribution in [3.8, 4) is 5.75 Å². The number of carbonyl (C=O) groups is 3. The van der Waals surface area contributed by atoms with E-state index in [4.69, 9.17) is 10.1 Å². The van der Waals surface area contributed by atoms with Crippen LogP contribution >= 0.6 is 0 Å². The maximum Gasteiger partial charge on any atom is 0.311 e. The van der Waals surface area contributed by atoms with Crippen LogP contribution in [0.4, 0.5) is 0 Å². The van der Waals surface area contributed by atoms with Gasteiger partial charge in [0.05, 0.1) is 12.5 Å². The summed E-state index contributed by atoms with van der Waals surface area (Å²) in [5.41, 5.74) is 3.06. The molecule has 49 heavy (non-hydrogen) atoms. The Hall–Kier alpha value is -6.09. The molecule has 2 amide bonds. The summed E-state index contributed by atoms with van der Waals surface area (Å²) < 4.78 is 6.21. The number of hydrogen-bond acceptors (Lipinski definition) is 5. The second-order valence-electron chi connectivity index (χ2n) is 12.1. The molecule has 5 aromatic rings. The van der Waals surface area contributed by atoms with E-state index < -0.39 is 11.9 Å². The maximum atomic E-state index is 12.6. The Morgan fingerprint density at radius 1 is 0.857 bits per heavy atom. The molecule has 0 unspecified atom stereocenters. The molecule has 2 atom stereocenters. The number of amidine groups is 2. The lowest BCUT2D eigenvalue weighted by molar-refractivity contribution is -0.138. The number of benzene rings is 5. The fourth-order valence-corrected chi connectivity index (χ4v) is 5.96. The fraction of sp³-hybridized carbons (Fsp3) is 0.175. The molecule has 9 nitrogen and oxygen atoms in total. The average molecular weight is 653 g/mol. The van der Waals surface area contributed by atoms with Gasteiger partial charge in [0.1, 0.15) is 23.5 Å². The van der Waals surface area contributed by atoms with Crippen LogP contribution in [0, 0.1) is 5.41 Å². The monoisotopic (exact) mass is 652 g/mol. The van der Waals surface area contributed by atoms with E-state index in [-0.39, 0.29) is 30.2 Å². The van der Waals surface area contributed by atoms with Crippen LogP contribution in [0.3, 0.4) is 0 Å². The normalized spacial score (nSPS) is 15.1. The molecule has 9 heteroatoms. The molecule has 0 bridgehead atoms. The van der Waals surface area contributed by atoms with Crippen molar-refractivity contribution >= 4 is 40.2 Å². The van der Waals surface area contributed by atoms with Crippen molar-refractivity contribution in [3.63, 3.8) is 0 Å². The summed E-state index contributed by atoms with van der Waals surface area (Å²) in [6.07, 6.45) is 0.957. The van der Waals surface area contributed by atoms with Crippen LogP contribution in [0.15, 0.2) is 126 Å². The standard InChI is InChI=1S/C40H36N4O5/c1-26(42-38(45)30-8-4-2-5-9-30)44-21-20-35(25-44)49-34-18-16-29(17-19-34)36(40(47)48)23-27-12-13-28-14-15-32(24-33(28)22-27)37(41)43-39(46)31-10-6-3-7-11-31/h2-19,22,24,35-36H,20-21,23,25H2,1H3,(H,47,48)(H2,41,43,46)/t35-,36-/m0/s1. The number of rotatable bonds is 9. The smallest absolute Gasteiger partial charge is 0.311 e. The third-order valence-electron chi connectivity index (χ3n) is 8.68. The van der Waals surface area contributed by atoms with Crippen molar-refractivity contribution in [1.29, 1.82) is 5.41 Å². The predicted octanol–water partition coefficient (Wildman–Crippen LogP) is 6.72. The summed E-state index contributed by atoms with van der Waals surface area (Å²) in [6.45, 7) is 3.15. The van der Waals surface area contributed by atoms with Gasteiger partial charge in [-0.2, -0.15) is 4.99 Å². The van der Waals surface area contributed by atoms with E-state index in [1.54, 1.807) is 66.7 Å². The van der Waals surface area contributed by atoms with Gasteiger partial charge in [-0.3, -0.25) is 19.8 Å². The summed E-state index contributed by atoms with van der Waals surface area (Å²) in [5, 5.41) is 23.1. The molecule has 1 saturated heterocycles. The second-order valence-corrected chi connectivity index (χ2v) is 12.1. The topological polar surface area (TPSA) is 132 Å². The van der Waals surface area contributed by atoms with E-state index in [0.29, 0.717) is 40.4 Å². The Morgan fingerprint density at radius 2 is 1.53 bits per heavy atom. The number of carbonyl (C=O) groups excluding carboxylic acids is 2. The van der Waals surface area contributed by atoms with Crippen LogP contribution in [-0.4, -0.2) is 58.7 Å². The zero-order valence-corrected chi connectivity index (χ0v) is 27.0. The molecular formula is C40H36N4O5. The van der Waals surface area contributed by atoms with Gasteiger partial charge in [0.25, 0.3) is 11.8 Å². The molecule has 1 aliphatic heterocycles. The van der Waals surface area contributed by atoms with Crippen LogP contribution in [0.2, 0.25) is 0 Å². The minimum Gasteiger partial charge on any atom is -0.489 e. The summed E-state index contributed by atoms with van der Waals surface area (Å²) in [6, 6.07) is 36.2. The largest absolute Gasteiger partial charge is 0.489 e. The van der Waals surface area contributed by atoms with Gasteiger partial charge in [0.2, 0.25) is 0 Å². The highest BCUT2D eigenvalue weighted by Gasteiger charge is 2.26. The molecule has 0 aliphatic carbocycles. The molecule has 5 aromatic carbocycles. The van der Waals surface area contributed by atoms with Gasteiger partial charge in [-0.25, -0.2) is 0 Å². The van der Waals surface area contributed by atoms with Crippen molar-refractivity contribution < 1.29 is 24.2 Å². The first kappa shape index (κ1) is 32.8. The lowest BCUT2D eigenvalue weighted by Crippen LogP contribution is -2.30. The van der Waals surface area contributed by atoms with Gasteiger partial charge in [-0.05, 0) is 77.7 Å². The number of hydrogen-bond donors (Lipinski definition) is 3. The predicted molar refractivity (Wildman–Crippen MR) is 190 cm³/mol. The molecule has 0 spiro atoms. The number of aliphatic carboxylic acids is 1. The summed E-state index contributed by atoms with van der Waals surface area (Å²) >= 11 is 0. The molecule has 1 fully saturated rings. The molecule has 1 aliphatic rings. The zero-order chi connectivity index (χ0) is 34.3. The maximum absolute atomic E-state index is 12.6. The highest BCUT2D eigenvalue weighted by Crippen LogP contribution is 2.27. The number of carboxylic acid groups (broad SMARTS) is 1. The molecule has 0 radical (unpaired) electrons. The van der Waals surface area contributed by atoms with E-state index in [2.05, 4.69) is 10.3 Å². The summed E-state index contributed by atoms with van der Waals surface area (Å²) in [4.78, 5) is 43.8. The van der Waals surface area contributed by atoms with E-state index in [1.165, 1.54) is 0 Å². The van der Waals surface area contributed by atoms with Crippen LogP contribution in [0.5, 0.6) is 5.75 Å². The van der Waals surface area contributed by atoms with E-state index in [9.17, 15) is 19.5 Å². The minimum atomic E-state index is -0.931. The van der Waals surface area contributed by atoms with Crippen molar-refractivity contribution in [2.45, 2.75) is 31.8 Å². The van der Waals surface area contributed by atoms with Crippen LogP contribution in [-0.2, 0) is 11.2 Å². The number of fused-ring (bicyclic) bond motifs is 1. The Bertz CT molecular complexity index is 2030.